The highest BCUT2D eigenvalue weighted by Gasteiger charge is 2.37. The Labute approximate surface area is 131 Å². The molecule has 1 aliphatic heterocycles. The molecule has 2 rings (SSSR count). The monoisotopic (exact) mass is 307 g/mol. The molecule has 1 unspecified atom stereocenters. The Morgan fingerprint density at radius 3 is 2.64 bits per heavy atom. The Bertz CT molecular complexity index is 542. The second-order valence-corrected chi connectivity index (χ2v) is 5.81. The minimum Gasteiger partial charge on any atom is -0.490 e. The highest BCUT2D eigenvalue weighted by Crippen LogP contribution is 2.44. The van der Waals surface area contributed by atoms with Crippen LogP contribution >= 0.6 is 0 Å². The standard InChI is InChI=1S/C17H25NO4/c1-5-7-21-14-9-12(10-19)8-13-16(14)22-15(11(3)4)17(20)18(13)6-2/h8-9,11,15,19H,5-7,10H2,1-4H3. The van der Waals surface area contributed by atoms with Crippen LogP contribution in [-0.4, -0.2) is 30.3 Å². The molecular formula is C17H25NO4. The average molecular weight is 307 g/mol. The molecule has 1 heterocycles. The average Bonchev–Trinajstić information content (AvgIpc) is 2.51. The molecule has 0 aromatic heterocycles. The van der Waals surface area contributed by atoms with Gasteiger partial charge in [-0.05, 0) is 37.0 Å². The largest absolute Gasteiger partial charge is 0.490 e. The molecule has 0 saturated heterocycles. The minimum absolute atomic E-state index is 0.0402. The quantitative estimate of drug-likeness (QED) is 0.878. The fourth-order valence-corrected chi connectivity index (χ4v) is 2.57. The van der Waals surface area contributed by atoms with Crippen molar-refractivity contribution in [1.82, 2.24) is 0 Å². The number of hydrogen-bond acceptors (Lipinski definition) is 4. The van der Waals surface area contributed by atoms with E-state index < -0.39 is 6.10 Å². The van der Waals surface area contributed by atoms with Crippen LogP contribution in [0.2, 0.25) is 0 Å². The maximum absolute atomic E-state index is 12.6. The van der Waals surface area contributed by atoms with Crippen LogP contribution in [0.1, 0.15) is 39.7 Å². The van der Waals surface area contributed by atoms with Crippen molar-refractivity contribution in [2.45, 2.75) is 46.8 Å². The van der Waals surface area contributed by atoms with Gasteiger partial charge < -0.3 is 19.5 Å². The number of ether oxygens (including phenoxy) is 2. The first-order valence-corrected chi connectivity index (χ1v) is 7.92. The van der Waals surface area contributed by atoms with Gasteiger partial charge in [0.25, 0.3) is 5.91 Å². The highest BCUT2D eigenvalue weighted by molar-refractivity contribution is 6.00. The van der Waals surface area contributed by atoms with E-state index in [0.717, 1.165) is 6.42 Å². The molecule has 0 aliphatic carbocycles. The summed E-state index contributed by atoms with van der Waals surface area (Å²) in [6.45, 7) is 8.92. The van der Waals surface area contributed by atoms with Gasteiger partial charge in [-0.1, -0.05) is 20.8 Å². The van der Waals surface area contributed by atoms with E-state index >= 15 is 0 Å². The van der Waals surface area contributed by atoms with Gasteiger partial charge in [0, 0.05) is 6.54 Å². The molecular weight excluding hydrogens is 282 g/mol. The number of likely N-dealkylation sites (N-methyl/N-ethyl adjacent to an activating group) is 1. The molecule has 0 saturated carbocycles. The maximum atomic E-state index is 12.6. The van der Waals surface area contributed by atoms with Crippen LogP contribution in [0.3, 0.4) is 0 Å². The molecule has 5 heteroatoms. The fraction of sp³-hybridized carbons (Fsp3) is 0.588. The first-order chi connectivity index (χ1) is 10.5. The fourth-order valence-electron chi connectivity index (χ4n) is 2.57. The summed E-state index contributed by atoms with van der Waals surface area (Å²) >= 11 is 0. The van der Waals surface area contributed by atoms with E-state index in [0.29, 0.717) is 35.9 Å². The van der Waals surface area contributed by atoms with E-state index in [1.807, 2.05) is 27.7 Å². The van der Waals surface area contributed by atoms with Crippen molar-refractivity contribution < 1.29 is 19.4 Å². The third-order valence-corrected chi connectivity index (χ3v) is 3.71. The smallest absolute Gasteiger partial charge is 0.268 e. The van der Waals surface area contributed by atoms with Crippen molar-refractivity contribution in [2.75, 3.05) is 18.1 Å². The van der Waals surface area contributed by atoms with Gasteiger partial charge in [0.2, 0.25) is 0 Å². The third-order valence-electron chi connectivity index (χ3n) is 3.71. The summed E-state index contributed by atoms with van der Waals surface area (Å²) < 4.78 is 11.7. The van der Waals surface area contributed by atoms with E-state index in [1.165, 1.54) is 0 Å². The number of anilines is 1. The zero-order chi connectivity index (χ0) is 16.3. The van der Waals surface area contributed by atoms with Crippen LogP contribution in [0, 0.1) is 5.92 Å². The summed E-state index contributed by atoms with van der Waals surface area (Å²) in [5.74, 6) is 1.23. The molecule has 5 nitrogen and oxygen atoms in total. The van der Waals surface area contributed by atoms with Gasteiger partial charge >= 0.3 is 0 Å². The number of carbonyl (C=O) groups excluding carboxylic acids is 1. The topological polar surface area (TPSA) is 59.0 Å². The first kappa shape index (κ1) is 16.6. The normalized spacial score (nSPS) is 17.5. The van der Waals surface area contributed by atoms with Gasteiger partial charge in [-0.2, -0.15) is 0 Å². The lowest BCUT2D eigenvalue weighted by Crippen LogP contribution is -2.48. The van der Waals surface area contributed by atoms with Crippen LogP contribution in [0.5, 0.6) is 11.5 Å². The number of fused-ring (bicyclic) bond motifs is 1. The Morgan fingerprint density at radius 2 is 2.09 bits per heavy atom. The number of rotatable bonds is 6. The molecule has 22 heavy (non-hydrogen) atoms. The van der Waals surface area contributed by atoms with E-state index in [-0.39, 0.29) is 18.4 Å². The number of amides is 1. The van der Waals surface area contributed by atoms with Crippen LogP contribution in [0.15, 0.2) is 12.1 Å². The second kappa shape index (κ2) is 7.01. The molecule has 1 aliphatic rings. The Kier molecular flexibility index (Phi) is 5.29. The van der Waals surface area contributed by atoms with Crippen molar-refractivity contribution >= 4 is 11.6 Å². The van der Waals surface area contributed by atoms with Crippen LogP contribution in [0.25, 0.3) is 0 Å². The van der Waals surface area contributed by atoms with Crippen LogP contribution in [-0.2, 0) is 11.4 Å². The van der Waals surface area contributed by atoms with Gasteiger partial charge in [-0.15, -0.1) is 0 Å². The predicted molar refractivity (Wildman–Crippen MR) is 85.4 cm³/mol. The molecule has 0 bridgehead atoms. The molecule has 1 aromatic carbocycles. The molecule has 1 N–H and O–H groups in total. The lowest BCUT2D eigenvalue weighted by molar-refractivity contribution is -0.128. The number of nitrogens with zero attached hydrogens (tertiary/aromatic N) is 1. The maximum Gasteiger partial charge on any atom is 0.268 e. The van der Waals surface area contributed by atoms with Gasteiger partial charge in [0.05, 0.1) is 18.9 Å². The van der Waals surface area contributed by atoms with Crippen molar-refractivity contribution in [3.63, 3.8) is 0 Å². The van der Waals surface area contributed by atoms with Crippen molar-refractivity contribution in [2.24, 2.45) is 5.92 Å². The Morgan fingerprint density at radius 1 is 1.36 bits per heavy atom. The van der Waals surface area contributed by atoms with E-state index in [9.17, 15) is 9.90 Å². The number of benzene rings is 1. The first-order valence-electron chi connectivity index (χ1n) is 7.92. The summed E-state index contributed by atoms with van der Waals surface area (Å²) in [5, 5.41) is 9.45. The van der Waals surface area contributed by atoms with E-state index in [2.05, 4.69) is 0 Å². The molecule has 1 atom stereocenters. The molecule has 122 valence electrons. The lowest BCUT2D eigenvalue weighted by atomic mass is 10.0. The summed E-state index contributed by atoms with van der Waals surface area (Å²) in [6.07, 6.45) is 0.374. The SMILES string of the molecule is CCCOc1cc(CO)cc2c1OC(C(C)C)C(=O)N2CC. The van der Waals surface area contributed by atoms with Crippen molar-refractivity contribution in [3.8, 4) is 11.5 Å². The number of aliphatic hydroxyl groups excluding tert-OH is 1. The van der Waals surface area contributed by atoms with Crippen LogP contribution in [0.4, 0.5) is 5.69 Å². The number of hydrogen-bond donors (Lipinski definition) is 1. The van der Waals surface area contributed by atoms with Crippen molar-refractivity contribution in [3.05, 3.63) is 17.7 Å². The number of carbonyl (C=O) groups is 1. The van der Waals surface area contributed by atoms with Gasteiger partial charge in [-0.25, -0.2) is 0 Å². The highest BCUT2D eigenvalue weighted by atomic mass is 16.5. The summed E-state index contributed by atoms with van der Waals surface area (Å²) in [6, 6.07) is 3.58. The van der Waals surface area contributed by atoms with Crippen LogP contribution < -0.4 is 14.4 Å². The zero-order valence-electron chi connectivity index (χ0n) is 13.8. The Balaban J connectivity index is 2.52. The zero-order valence-corrected chi connectivity index (χ0v) is 13.8. The van der Waals surface area contributed by atoms with Gasteiger partial charge in [0.1, 0.15) is 0 Å². The Hall–Kier alpha value is -1.75. The van der Waals surface area contributed by atoms with E-state index in [4.69, 9.17) is 9.47 Å². The van der Waals surface area contributed by atoms with E-state index in [1.54, 1.807) is 17.0 Å². The molecule has 0 radical (unpaired) electrons. The summed E-state index contributed by atoms with van der Waals surface area (Å²) in [5.41, 5.74) is 1.39. The lowest BCUT2D eigenvalue weighted by Gasteiger charge is -2.36. The summed E-state index contributed by atoms with van der Waals surface area (Å²) in [7, 11) is 0. The summed E-state index contributed by atoms with van der Waals surface area (Å²) in [4.78, 5) is 14.3. The molecule has 1 aromatic rings. The molecule has 1 amide bonds. The van der Waals surface area contributed by atoms with Crippen molar-refractivity contribution in [1.29, 1.82) is 0 Å². The third kappa shape index (κ3) is 3.04. The minimum atomic E-state index is -0.503. The predicted octanol–water partition coefficient (Wildman–Crippen LogP) is 2.74. The van der Waals surface area contributed by atoms with Gasteiger partial charge in [-0.3, -0.25) is 4.79 Å². The second-order valence-electron chi connectivity index (χ2n) is 5.81. The molecule has 0 fully saturated rings. The number of aliphatic hydroxyl groups is 1. The van der Waals surface area contributed by atoms with Gasteiger partial charge in [0.15, 0.2) is 17.6 Å². The molecule has 0 spiro atoms.